The number of nitrogens with two attached hydrogens (primary N) is 1. The Morgan fingerprint density at radius 1 is 0.927 bits per heavy atom. The standard InChI is InChI=1S/C41H43FN6O7/c42-35-21-28(48-24-29(22-43)55-41(48)53)12-13-36(35)46-16-18-47(19-17-46)39(51)15-14-37(49)26-6-5-7-27(20-26)45-44-23-38(50)40(52)54-25-34-32-10-3-1-8-30(32)31-9-2-4-11-33(31)34/h1-13,20-21,29,34,37,44-45,49H,14-19,22-25,43H2/t29-,37?/m0/s1. The van der Waals surface area contributed by atoms with Crippen LogP contribution in [-0.4, -0.2) is 92.3 Å². The Morgan fingerprint density at radius 2 is 1.64 bits per heavy atom. The number of ketones is 1. The lowest BCUT2D eigenvalue weighted by Crippen LogP contribution is -2.49. The molecule has 3 aliphatic rings. The van der Waals surface area contributed by atoms with Gasteiger partial charge in [0.2, 0.25) is 5.91 Å². The second-order valence-electron chi connectivity index (χ2n) is 13.8. The number of nitrogens with one attached hydrogen (secondary N) is 2. The number of hydrazine groups is 1. The molecule has 286 valence electrons. The van der Waals surface area contributed by atoms with Crippen LogP contribution in [-0.2, 0) is 23.9 Å². The summed E-state index contributed by atoms with van der Waals surface area (Å²) in [7, 11) is 0. The third-order valence-electron chi connectivity index (χ3n) is 10.3. The van der Waals surface area contributed by atoms with Gasteiger partial charge < -0.3 is 35.5 Å². The fourth-order valence-electron chi connectivity index (χ4n) is 7.36. The Labute approximate surface area is 317 Å². The first-order valence-electron chi connectivity index (χ1n) is 18.4. The number of anilines is 3. The van der Waals surface area contributed by atoms with E-state index in [0.717, 1.165) is 22.3 Å². The molecule has 2 saturated heterocycles. The summed E-state index contributed by atoms with van der Waals surface area (Å²) in [5, 5.41) is 10.9. The highest BCUT2D eigenvalue weighted by atomic mass is 19.1. The summed E-state index contributed by atoms with van der Waals surface area (Å²) < 4.78 is 25.8. The number of fused-ring (bicyclic) bond motifs is 3. The number of carbonyl (C=O) groups excluding carboxylic acids is 4. The van der Waals surface area contributed by atoms with Gasteiger partial charge in [0.15, 0.2) is 0 Å². The van der Waals surface area contributed by atoms with Gasteiger partial charge >= 0.3 is 12.1 Å². The molecule has 0 radical (unpaired) electrons. The number of hydrogen-bond donors (Lipinski definition) is 4. The van der Waals surface area contributed by atoms with Crippen molar-refractivity contribution in [2.45, 2.75) is 31.0 Å². The summed E-state index contributed by atoms with van der Waals surface area (Å²) in [4.78, 5) is 55.3. The molecule has 2 fully saturated rings. The third-order valence-corrected chi connectivity index (χ3v) is 10.3. The number of ether oxygens (including phenoxy) is 2. The Morgan fingerprint density at radius 3 is 2.31 bits per heavy atom. The van der Waals surface area contributed by atoms with Crippen molar-refractivity contribution in [3.8, 4) is 11.1 Å². The van der Waals surface area contributed by atoms with Crippen LogP contribution < -0.4 is 26.4 Å². The van der Waals surface area contributed by atoms with E-state index in [2.05, 4.69) is 10.9 Å². The average Bonchev–Trinajstić information content (AvgIpc) is 3.76. The van der Waals surface area contributed by atoms with Gasteiger partial charge in [0.05, 0.1) is 30.6 Å². The van der Waals surface area contributed by atoms with E-state index in [4.69, 9.17) is 15.2 Å². The van der Waals surface area contributed by atoms with Crippen molar-refractivity contribution in [1.29, 1.82) is 0 Å². The molecule has 2 atom stereocenters. The minimum atomic E-state index is -0.929. The molecule has 0 aromatic heterocycles. The number of halogens is 1. The molecule has 4 aromatic rings. The van der Waals surface area contributed by atoms with Crippen LogP contribution >= 0.6 is 0 Å². The molecule has 2 heterocycles. The molecule has 7 rings (SSSR count). The molecule has 1 aliphatic carbocycles. The van der Waals surface area contributed by atoms with Gasteiger partial charge in [0, 0.05) is 50.7 Å². The predicted octanol–water partition coefficient (Wildman–Crippen LogP) is 4.11. The normalized spacial score (nSPS) is 17.0. The molecule has 55 heavy (non-hydrogen) atoms. The second kappa shape index (κ2) is 16.7. The van der Waals surface area contributed by atoms with Gasteiger partial charge in [-0.25, -0.2) is 19.4 Å². The van der Waals surface area contributed by atoms with Gasteiger partial charge in [-0.15, -0.1) is 0 Å². The molecule has 13 nitrogen and oxygen atoms in total. The van der Waals surface area contributed by atoms with Crippen molar-refractivity contribution in [2.75, 3.05) is 67.6 Å². The smallest absolute Gasteiger partial charge is 0.414 e. The van der Waals surface area contributed by atoms with Crippen LogP contribution in [0.25, 0.3) is 11.1 Å². The number of benzene rings is 4. The Balaban J connectivity index is 0.827. The molecule has 2 aliphatic heterocycles. The maximum atomic E-state index is 15.1. The number of nitrogens with zero attached hydrogens (tertiary/aromatic N) is 3. The van der Waals surface area contributed by atoms with Crippen LogP contribution in [0.15, 0.2) is 91.0 Å². The maximum absolute atomic E-state index is 15.1. The first kappa shape index (κ1) is 37.5. The number of piperazine rings is 1. The van der Waals surface area contributed by atoms with Crippen molar-refractivity contribution < 1.29 is 38.1 Å². The van der Waals surface area contributed by atoms with E-state index in [1.54, 1.807) is 41.3 Å². The van der Waals surface area contributed by atoms with E-state index < -0.39 is 35.9 Å². The highest BCUT2D eigenvalue weighted by Gasteiger charge is 2.33. The first-order chi connectivity index (χ1) is 26.7. The largest absolute Gasteiger partial charge is 0.459 e. The topological polar surface area (TPSA) is 167 Å². The minimum absolute atomic E-state index is 0.0521. The van der Waals surface area contributed by atoms with Crippen LogP contribution in [0.4, 0.5) is 26.2 Å². The number of rotatable bonds is 14. The number of aliphatic hydroxyl groups is 1. The Hall–Kier alpha value is -5.83. The second-order valence-corrected chi connectivity index (χ2v) is 13.8. The van der Waals surface area contributed by atoms with Gasteiger partial charge in [-0.3, -0.25) is 14.5 Å². The van der Waals surface area contributed by atoms with Crippen LogP contribution in [0.3, 0.4) is 0 Å². The number of esters is 1. The Kier molecular flexibility index (Phi) is 11.4. The average molecular weight is 751 g/mol. The zero-order chi connectivity index (χ0) is 38.5. The number of aliphatic hydroxyl groups excluding tert-OH is 1. The van der Waals surface area contributed by atoms with E-state index in [0.29, 0.717) is 48.8 Å². The maximum Gasteiger partial charge on any atom is 0.414 e. The number of cyclic esters (lactones) is 1. The van der Waals surface area contributed by atoms with Crippen molar-refractivity contribution in [3.63, 3.8) is 0 Å². The lowest BCUT2D eigenvalue weighted by molar-refractivity contribution is -0.153. The van der Waals surface area contributed by atoms with E-state index in [1.165, 1.54) is 11.0 Å². The van der Waals surface area contributed by atoms with Gasteiger partial charge in [0.25, 0.3) is 5.78 Å². The molecule has 5 N–H and O–H groups in total. The predicted molar refractivity (Wildman–Crippen MR) is 204 cm³/mol. The molecular weight excluding hydrogens is 707 g/mol. The van der Waals surface area contributed by atoms with Crippen LogP contribution in [0.1, 0.15) is 41.6 Å². The summed E-state index contributed by atoms with van der Waals surface area (Å²) >= 11 is 0. The highest BCUT2D eigenvalue weighted by molar-refractivity contribution is 6.34. The minimum Gasteiger partial charge on any atom is -0.459 e. The number of amides is 2. The van der Waals surface area contributed by atoms with Crippen LogP contribution in [0, 0.1) is 5.82 Å². The SMILES string of the molecule is NC[C@H]1CN(c2ccc(N3CCN(C(=O)CCC(O)c4cccc(NNCC(=O)C(=O)OCC5c6ccccc6-c6ccccc65)c4)CC3)c(F)c2)C(=O)O1. The number of carbonyl (C=O) groups is 4. The van der Waals surface area contributed by atoms with Gasteiger partial charge in [-0.05, 0) is 64.6 Å². The fraction of sp³-hybridized carbons (Fsp3) is 0.317. The van der Waals surface area contributed by atoms with E-state index in [1.807, 2.05) is 53.4 Å². The molecular formula is C41H43FN6O7. The highest BCUT2D eigenvalue weighted by Crippen LogP contribution is 2.44. The summed E-state index contributed by atoms with van der Waals surface area (Å²) in [6.45, 7) is 1.84. The quantitative estimate of drug-likeness (QED) is 0.0833. The summed E-state index contributed by atoms with van der Waals surface area (Å²) in [5.74, 6) is -2.40. The fourth-order valence-corrected chi connectivity index (χ4v) is 7.36. The molecule has 0 spiro atoms. The van der Waals surface area contributed by atoms with E-state index in [9.17, 15) is 24.3 Å². The van der Waals surface area contributed by atoms with Gasteiger partial charge in [-0.2, -0.15) is 0 Å². The molecule has 2 amide bonds. The zero-order valence-corrected chi connectivity index (χ0v) is 30.2. The van der Waals surface area contributed by atoms with Crippen molar-refractivity contribution in [2.24, 2.45) is 5.73 Å². The lowest BCUT2D eigenvalue weighted by Gasteiger charge is -2.36. The number of hydrogen-bond acceptors (Lipinski definition) is 11. The zero-order valence-electron chi connectivity index (χ0n) is 30.2. The molecule has 4 aromatic carbocycles. The molecule has 0 saturated carbocycles. The molecule has 14 heteroatoms. The molecule has 0 bridgehead atoms. The van der Waals surface area contributed by atoms with Crippen LogP contribution in [0.2, 0.25) is 0 Å². The summed E-state index contributed by atoms with van der Waals surface area (Å²) in [5.41, 5.74) is 17.5. The van der Waals surface area contributed by atoms with E-state index in [-0.39, 0.29) is 50.9 Å². The monoisotopic (exact) mass is 750 g/mol. The van der Waals surface area contributed by atoms with E-state index >= 15 is 4.39 Å². The lowest BCUT2D eigenvalue weighted by atomic mass is 9.98. The summed E-state index contributed by atoms with van der Waals surface area (Å²) in [6.07, 6.45) is -1.60. The number of Topliss-reactive ketones (excluding diaryl/α,β-unsaturated/α-hetero) is 1. The van der Waals surface area contributed by atoms with Crippen molar-refractivity contribution in [3.05, 3.63) is 114 Å². The third kappa shape index (κ3) is 8.31. The molecule has 1 unspecified atom stereocenters. The Bertz CT molecular complexity index is 2030. The summed E-state index contributed by atoms with van der Waals surface area (Å²) in [6, 6.07) is 27.4. The van der Waals surface area contributed by atoms with Crippen molar-refractivity contribution in [1.82, 2.24) is 10.3 Å². The first-order valence-corrected chi connectivity index (χ1v) is 18.4. The van der Waals surface area contributed by atoms with Gasteiger partial charge in [-0.1, -0.05) is 60.7 Å². The van der Waals surface area contributed by atoms with Crippen LogP contribution in [0.5, 0.6) is 0 Å². The van der Waals surface area contributed by atoms with Crippen molar-refractivity contribution >= 4 is 40.8 Å². The van der Waals surface area contributed by atoms with Gasteiger partial charge in [0.1, 0.15) is 18.5 Å².